The lowest BCUT2D eigenvalue weighted by Crippen LogP contribution is -2.55. The van der Waals surface area contributed by atoms with Crippen molar-refractivity contribution in [1.29, 1.82) is 0 Å². The summed E-state index contributed by atoms with van der Waals surface area (Å²) in [4.78, 5) is 30.5. The monoisotopic (exact) mass is 623 g/mol. The average molecular weight is 624 g/mol. The molecule has 2 amide bonds. The van der Waals surface area contributed by atoms with Gasteiger partial charge in [-0.25, -0.2) is 4.39 Å². The van der Waals surface area contributed by atoms with Crippen molar-refractivity contribution < 1.29 is 40.3 Å². The van der Waals surface area contributed by atoms with Crippen molar-refractivity contribution in [3.63, 3.8) is 0 Å². The van der Waals surface area contributed by atoms with E-state index in [-0.39, 0.29) is 36.3 Å². The first kappa shape index (κ1) is 33.6. The molecule has 0 N–H and O–H groups in total. The van der Waals surface area contributed by atoms with E-state index < -0.39 is 46.8 Å². The van der Waals surface area contributed by atoms with Gasteiger partial charge < -0.3 is 9.80 Å². The predicted octanol–water partition coefficient (Wildman–Crippen LogP) is 6.53. The van der Waals surface area contributed by atoms with Crippen LogP contribution in [0.15, 0.2) is 36.4 Å². The second kappa shape index (κ2) is 12.8. The van der Waals surface area contributed by atoms with Crippen molar-refractivity contribution in [2.75, 3.05) is 33.2 Å². The highest BCUT2D eigenvalue weighted by Gasteiger charge is 2.41. The van der Waals surface area contributed by atoms with E-state index in [1.54, 1.807) is 17.9 Å². The van der Waals surface area contributed by atoms with Gasteiger partial charge in [0, 0.05) is 63.7 Å². The fraction of sp³-hybridized carbons (Fsp3) is 0.517. The van der Waals surface area contributed by atoms with Crippen LogP contribution in [0, 0.1) is 12.7 Å². The van der Waals surface area contributed by atoms with Crippen LogP contribution in [-0.4, -0.2) is 71.8 Å². The maximum atomic E-state index is 14.0. The minimum absolute atomic E-state index is 0. The third-order valence-corrected chi connectivity index (χ3v) is 8.32. The van der Waals surface area contributed by atoms with Gasteiger partial charge >= 0.3 is 12.4 Å². The van der Waals surface area contributed by atoms with Gasteiger partial charge in [-0.05, 0) is 67.6 Å². The van der Waals surface area contributed by atoms with E-state index in [0.29, 0.717) is 50.3 Å². The number of amides is 2. The molecule has 0 aromatic heterocycles. The highest BCUT2D eigenvalue weighted by molar-refractivity contribution is 5.95. The molecule has 2 aliphatic rings. The maximum Gasteiger partial charge on any atom is 0.416 e. The van der Waals surface area contributed by atoms with Crippen molar-refractivity contribution in [3.05, 3.63) is 70.0 Å². The first-order valence-electron chi connectivity index (χ1n) is 13.4. The number of alkyl halides is 6. The molecule has 232 valence electrons. The number of carbonyl (C=O) groups is 2. The highest BCUT2D eigenvalue weighted by Crippen LogP contribution is 2.38. The Morgan fingerprint density at radius 2 is 1.45 bits per heavy atom. The van der Waals surface area contributed by atoms with Gasteiger partial charge in [-0.1, -0.05) is 6.07 Å². The number of halogens is 8. The van der Waals surface area contributed by atoms with E-state index >= 15 is 0 Å². The number of rotatable bonds is 4. The third-order valence-electron chi connectivity index (χ3n) is 8.32. The van der Waals surface area contributed by atoms with Crippen LogP contribution in [0.5, 0.6) is 0 Å². The van der Waals surface area contributed by atoms with Gasteiger partial charge in [-0.3, -0.25) is 14.5 Å². The van der Waals surface area contributed by atoms with Crippen LogP contribution in [0.25, 0.3) is 0 Å². The molecule has 0 aliphatic carbocycles. The van der Waals surface area contributed by atoms with Gasteiger partial charge in [0.1, 0.15) is 5.82 Å². The fourth-order valence-corrected chi connectivity index (χ4v) is 6.10. The molecule has 2 atom stereocenters. The zero-order valence-corrected chi connectivity index (χ0v) is 24.2. The third kappa shape index (κ3) is 7.37. The smallest absolute Gasteiger partial charge is 0.343 e. The lowest BCUT2D eigenvalue weighted by Gasteiger charge is -2.47. The summed E-state index contributed by atoms with van der Waals surface area (Å²) in [7, 11) is 1.38. The van der Waals surface area contributed by atoms with Crippen molar-refractivity contribution >= 4 is 24.2 Å². The second-order valence-electron chi connectivity index (χ2n) is 10.9. The molecule has 0 unspecified atom stereocenters. The molecular weight excluding hydrogens is 591 g/mol. The van der Waals surface area contributed by atoms with Crippen molar-refractivity contribution in [1.82, 2.24) is 14.7 Å². The highest BCUT2D eigenvalue weighted by atomic mass is 35.5. The van der Waals surface area contributed by atoms with Crippen LogP contribution in [0.2, 0.25) is 0 Å². The summed E-state index contributed by atoms with van der Waals surface area (Å²) in [6.07, 6.45) is -8.25. The molecular formula is C29H33ClF7N3O2. The summed E-state index contributed by atoms with van der Waals surface area (Å²) in [5, 5.41) is 0. The molecule has 0 radical (unpaired) electrons. The van der Waals surface area contributed by atoms with Gasteiger partial charge in [0.05, 0.1) is 11.1 Å². The quantitative estimate of drug-likeness (QED) is 0.364. The summed E-state index contributed by atoms with van der Waals surface area (Å²) in [6.45, 7) is 5.46. The number of hydrogen-bond donors (Lipinski definition) is 0. The second-order valence-corrected chi connectivity index (χ2v) is 10.9. The van der Waals surface area contributed by atoms with E-state index in [0.717, 1.165) is 18.4 Å². The Bertz CT molecular complexity index is 1260. The molecule has 2 aliphatic heterocycles. The predicted molar refractivity (Wildman–Crippen MR) is 145 cm³/mol. The van der Waals surface area contributed by atoms with Crippen LogP contribution in [0.1, 0.15) is 64.7 Å². The standard InChI is InChI=1S/C29H32F7N3O2.ClH/c1-17-12-22(30)4-5-24(17)25-16-39(23-6-9-38(10-7-23)18(2)40)11-8-26(25)37(3)27(41)19-13-20(28(31,32)33)15-21(14-19)29(34,35)36;/h4-5,12-15,23,25-26H,6-11,16H2,1-3H3;1H/t25-,26+;/m0./s1. The molecule has 5 nitrogen and oxygen atoms in total. The Labute approximate surface area is 246 Å². The van der Waals surface area contributed by atoms with Gasteiger partial charge in [-0.2, -0.15) is 26.3 Å². The first-order valence-corrected chi connectivity index (χ1v) is 13.4. The van der Waals surface area contributed by atoms with Crippen LogP contribution in [0.3, 0.4) is 0 Å². The maximum absolute atomic E-state index is 14.0. The van der Waals surface area contributed by atoms with Crippen LogP contribution >= 0.6 is 12.4 Å². The Morgan fingerprint density at radius 1 is 0.881 bits per heavy atom. The summed E-state index contributed by atoms with van der Waals surface area (Å²) >= 11 is 0. The van der Waals surface area contributed by atoms with Crippen molar-refractivity contribution in [3.8, 4) is 0 Å². The van der Waals surface area contributed by atoms with Gasteiger partial charge in [0.15, 0.2) is 0 Å². The Kier molecular flexibility index (Phi) is 10.2. The van der Waals surface area contributed by atoms with E-state index in [1.807, 2.05) is 0 Å². The molecule has 2 aromatic carbocycles. The fourth-order valence-electron chi connectivity index (χ4n) is 6.10. The van der Waals surface area contributed by atoms with E-state index in [2.05, 4.69) is 4.90 Å². The number of likely N-dealkylation sites (N-methyl/N-ethyl adjacent to an activating group) is 1. The molecule has 2 aromatic rings. The summed E-state index contributed by atoms with van der Waals surface area (Å²) in [6, 6.07) is 4.77. The van der Waals surface area contributed by atoms with Gasteiger partial charge in [0.25, 0.3) is 5.91 Å². The van der Waals surface area contributed by atoms with E-state index in [9.17, 15) is 40.3 Å². The van der Waals surface area contributed by atoms with Crippen molar-refractivity contribution in [2.45, 2.75) is 63.5 Å². The first-order chi connectivity index (χ1) is 19.1. The molecule has 2 fully saturated rings. The Hall–Kier alpha value is -2.86. The summed E-state index contributed by atoms with van der Waals surface area (Å²) < 4.78 is 94.7. The van der Waals surface area contributed by atoms with Crippen LogP contribution in [-0.2, 0) is 17.1 Å². The topological polar surface area (TPSA) is 43.9 Å². The van der Waals surface area contributed by atoms with Gasteiger partial charge in [0.2, 0.25) is 5.91 Å². The molecule has 0 saturated carbocycles. The molecule has 13 heteroatoms. The number of benzene rings is 2. The average Bonchev–Trinajstić information content (AvgIpc) is 2.91. The molecule has 4 rings (SSSR count). The van der Waals surface area contributed by atoms with Crippen molar-refractivity contribution in [2.24, 2.45) is 0 Å². The molecule has 42 heavy (non-hydrogen) atoms. The molecule has 0 bridgehead atoms. The number of aryl methyl sites for hydroxylation is 1. The number of nitrogens with zero attached hydrogens (tertiary/aromatic N) is 3. The van der Waals surface area contributed by atoms with E-state index in [1.165, 1.54) is 31.0 Å². The largest absolute Gasteiger partial charge is 0.416 e. The molecule has 0 spiro atoms. The van der Waals surface area contributed by atoms with E-state index in [4.69, 9.17) is 0 Å². The van der Waals surface area contributed by atoms with Crippen LogP contribution in [0.4, 0.5) is 30.7 Å². The van der Waals surface area contributed by atoms with Crippen LogP contribution < -0.4 is 0 Å². The molecule has 2 heterocycles. The minimum Gasteiger partial charge on any atom is -0.343 e. The zero-order valence-electron chi connectivity index (χ0n) is 23.4. The molecule has 2 saturated heterocycles. The lowest BCUT2D eigenvalue weighted by molar-refractivity contribution is -0.143. The summed E-state index contributed by atoms with van der Waals surface area (Å²) in [5.74, 6) is -1.78. The number of carbonyl (C=O) groups excluding carboxylic acids is 2. The number of piperidine rings is 2. The Balaban J connectivity index is 0.00000484. The number of likely N-dealkylation sites (tertiary alicyclic amines) is 2. The normalized spacial score (nSPS) is 20.7. The lowest BCUT2D eigenvalue weighted by atomic mass is 9.81. The summed E-state index contributed by atoms with van der Waals surface area (Å²) in [5.41, 5.74) is -2.43. The minimum atomic E-state index is -5.08. The Morgan fingerprint density at radius 3 is 1.95 bits per heavy atom. The zero-order chi connectivity index (χ0) is 30.3. The van der Waals surface area contributed by atoms with Gasteiger partial charge in [-0.15, -0.1) is 12.4 Å². The number of hydrogen-bond acceptors (Lipinski definition) is 3. The SMILES string of the molecule is CC(=O)N1CCC(N2CC[C@@H](N(C)C(=O)c3cc(C(F)(F)F)cc(C(F)(F)F)c3)[C@H](c3ccc(F)cc3C)C2)CC1.Cl.